The molecule has 0 saturated carbocycles. The van der Waals surface area contributed by atoms with Crippen molar-refractivity contribution in [1.29, 1.82) is 0 Å². The number of hydrogen-bond acceptors (Lipinski definition) is 3. The number of hydrazine groups is 1. The van der Waals surface area contributed by atoms with Crippen LogP contribution in [-0.4, -0.2) is 7.11 Å². The van der Waals surface area contributed by atoms with E-state index in [-0.39, 0.29) is 5.82 Å². The van der Waals surface area contributed by atoms with Gasteiger partial charge in [-0.3, -0.25) is 0 Å². The molecular weight excluding hydrogens is 311 g/mol. The van der Waals surface area contributed by atoms with Crippen LogP contribution in [0, 0.1) is 5.82 Å². The van der Waals surface area contributed by atoms with Crippen LogP contribution in [-0.2, 0) is 6.54 Å². The Morgan fingerprint density at radius 1 is 1.21 bits per heavy atom. The molecular formula is C14H14BrFN2O. The summed E-state index contributed by atoms with van der Waals surface area (Å²) in [5.74, 6) is 6.48. The molecule has 0 atom stereocenters. The molecule has 0 aromatic heterocycles. The van der Waals surface area contributed by atoms with E-state index >= 15 is 0 Å². The van der Waals surface area contributed by atoms with Gasteiger partial charge < -0.3 is 9.75 Å². The first-order valence-corrected chi connectivity index (χ1v) is 6.49. The van der Waals surface area contributed by atoms with Gasteiger partial charge in [0.2, 0.25) is 0 Å². The Labute approximate surface area is 119 Å². The van der Waals surface area contributed by atoms with Crippen LogP contribution in [0.5, 0.6) is 5.75 Å². The molecule has 19 heavy (non-hydrogen) atoms. The summed E-state index contributed by atoms with van der Waals surface area (Å²) in [6, 6.07) is 11.9. The lowest BCUT2D eigenvalue weighted by Gasteiger charge is -2.19. The minimum atomic E-state index is -0.277. The third-order valence-electron chi connectivity index (χ3n) is 2.75. The first kappa shape index (κ1) is 13.8. The average Bonchev–Trinajstić information content (AvgIpc) is 2.43. The summed E-state index contributed by atoms with van der Waals surface area (Å²) in [7, 11) is 1.61. The standard InChI is InChI=1S/C14H14BrFN2O/c1-19-13-5-3-12(4-6-13)18(17)9-10-8-11(16)2-7-14(10)15/h2-8H,9,17H2,1H3. The van der Waals surface area contributed by atoms with E-state index in [2.05, 4.69) is 15.9 Å². The zero-order valence-electron chi connectivity index (χ0n) is 10.4. The summed E-state index contributed by atoms with van der Waals surface area (Å²) >= 11 is 3.39. The second-order valence-corrected chi connectivity index (χ2v) is 4.92. The van der Waals surface area contributed by atoms with Crippen LogP contribution < -0.4 is 15.6 Å². The van der Waals surface area contributed by atoms with E-state index in [9.17, 15) is 4.39 Å². The SMILES string of the molecule is COc1ccc(N(N)Cc2cc(F)ccc2Br)cc1. The topological polar surface area (TPSA) is 38.5 Å². The summed E-state index contributed by atoms with van der Waals surface area (Å²) < 4.78 is 19.1. The maximum absolute atomic E-state index is 13.2. The molecule has 0 amide bonds. The van der Waals surface area contributed by atoms with E-state index < -0.39 is 0 Å². The molecule has 0 aliphatic heterocycles. The number of hydrogen-bond donors (Lipinski definition) is 1. The molecule has 0 fully saturated rings. The minimum absolute atomic E-state index is 0.277. The summed E-state index contributed by atoms with van der Waals surface area (Å²) in [5, 5.41) is 1.55. The fourth-order valence-electron chi connectivity index (χ4n) is 1.71. The Kier molecular flexibility index (Phi) is 4.39. The lowest BCUT2D eigenvalue weighted by atomic mass is 10.2. The molecule has 5 heteroatoms. The van der Waals surface area contributed by atoms with Gasteiger partial charge in [-0.2, -0.15) is 0 Å². The Hall–Kier alpha value is -1.59. The highest BCUT2D eigenvalue weighted by molar-refractivity contribution is 9.10. The molecule has 0 saturated heterocycles. The highest BCUT2D eigenvalue weighted by Crippen LogP contribution is 2.22. The molecule has 0 radical (unpaired) electrons. The van der Waals surface area contributed by atoms with Gasteiger partial charge in [-0.15, -0.1) is 0 Å². The van der Waals surface area contributed by atoms with Crippen molar-refractivity contribution in [2.45, 2.75) is 6.54 Å². The lowest BCUT2D eigenvalue weighted by Crippen LogP contribution is -2.30. The van der Waals surface area contributed by atoms with Gasteiger partial charge in [0.05, 0.1) is 19.3 Å². The predicted octanol–water partition coefficient (Wildman–Crippen LogP) is 3.48. The molecule has 2 aromatic carbocycles. The van der Waals surface area contributed by atoms with Crippen molar-refractivity contribution in [3.05, 3.63) is 58.3 Å². The summed E-state index contributed by atoms with van der Waals surface area (Å²) in [6.07, 6.45) is 0. The normalized spacial score (nSPS) is 10.3. The number of benzene rings is 2. The fraction of sp³-hybridized carbons (Fsp3) is 0.143. The number of ether oxygens (including phenoxy) is 1. The zero-order valence-corrected chi connectivity index (χ0v) is 12.0. The van der Waals surface area contributed by atoms with Gasteiger partial charge in [0.25, 0.3) is 0 Å². The molecule has 3 nitrogen and oxygen atoms in total. The summed E-state index contributed by atoms with van der Waals surface area (Å²) in [5.41, 5.74) is 1.62. The van der Waals surface area contributed by atoms with Crippen molar-refractivity contribution >= 4 is 21.6 Å². The van der Waals surface area contributed by atoms with E-state index in [1.807, 2.05) is 24.3 Å². The fourth-order valence-corrected chi connectivity index (χ4v) is 2.08. The number of nitrogens with two attached hydrogens (primary N) is 1. The molecule has 0 unspecified atom stereocenters. The van der Waals surface area contributed by atoms with Gasteiger partial charge in [0, 0.05) is 4.47 Å². The van der Waals surface area contributed by atoms with Gasteiger partial charge in [-0.1, -0.05) is 15.9 Å². The molecule has 100 valence electrons. The van der Waals surface area contributed by atoms with Crippen molar-refractivity contribution in [2.75, 3.05) is 12.1 Å². The van der Waals surface area contributed by atoms with Crippen LogP contribution in [0.25, 0.3) is 0 Å². The number of halogens is 2. The number of nitrogens with zero attached hydrogens (tertiary/aromatic N) is 1. The smallest absolute Gasteiger partial charge is 0.123 e. The second-order valence-electron chi connectivity index (χ2n) is 4.06. The lowest BCUT2D eigenvalue weighted by molar-refractivity contribution is 0.415. The van der Waals surface area contributed by atoms with Crippen LogP contribution >= 0.6 is 15.9 Å². The Morgan fingerprint density at radius 3 is 2.53 bits per heavy atom. The molecule has 0 heterocycles. The first-order valence-electron chi connectivity index (χ1n) is 5.70. The predicted molar refractivity (Wildman–Crippen MR) is 77.5 cm³/mol. The van der Waals surface area contributed by atoms with E-state index in [1.165, 1.54) is 12.1 Å². The van der Waals surface area contributed by atoms with Crippen molar-refractivity contribution < 1.29 is 9.13 Å². The van der Waals surface area contributed by atoms with Gasteiger partial charge >= 0.3 is 0 Å². The monoisotopic (exact) mass is 324 g/mol. The van der Waals surface area contributed by atoms with Gasteiger partial charge in [-0.05, 0) is 48.0 Å². The van der Waals surface area contributed by atoms with Gasteiger partial charge in [0.1, 0.15) is 11.6 Å². The highest BCUT2D eigenvalue weighted by atomic mass is 79.9. The zero-order chi connectivity index (χ0) is 13.8. The van der Waals surface area contributed by atoms with Crippen molar-refractivity contribution in [3.63, 3.8) is 0 Å². The first-order chi connectivity index (χ1) is 9.10. The third-order valence-corrected chi connectivity index (χ3v) is 3.53. The van der Waals surface area contributed by atoms with Crippen molar-refractivity contribution in [3.8, 4) is 5.75 Å². The largest absolute Gasteiger partial charge is 0.497 e. The molecule has 0 bridgehead atoms. The van der Waals surface area contributed by atoms with Crippen LogP contribution in [0.15, 0.2) is 46.9 Å². The highest BCUT2D eigenvalue weighted by Gasteiger charge is 2.07. The summed E-state index contributed by atoms with van der Waals surface area (Å²) in [6.45, 7) is 0.407. The Balaban J connectivity index is 2.15. The van der Waals surface area contributed by atoms with Gasteiger partial charge in [0.15, 0.2) is 0 Å². The molecule has 2 N–H and O–H groups in total. The van der Waals surface area contributed by atoms with Crippen molar-refractivity contribution in [1.82, 2.24) is 0 Å². The molecule has 2 aromatic rings. The van der Waals surface area contributed by atoms with Crippen LogP contribution in [0.3, 0.4) is 0 Å². The molecule has 0 aliphatic carbocycles. The maximum atomic E-state index is 13.2. The quantitative estimate of drug-likeness (QED) is 0.691. The molecule has 2 rings (SSSR count). The summed E-state index contributed by atoms with van der Waals surface area (Å²) in [4.78, 5) is 0. The van der Waals surface area contributed by atoms with E-state index in [4.69, 9.17) is 10.6 Å². The third kappa shape index (κ3) is 3.45. The Morgan fingerprint density at radius 2 is 1.89 bits per heavy atom. The van der Waals surface area contributed by atoms with Crippen molar-refractivity contribution in [2.24, 2.45) is 5.84 Å². The van der Waals surface area contributed by atoms with Gasteiger partial charge in [-0.25, -0.2) is 10.2 Å². The maximum Gasteiger partial charge on any atom is 0.123 e. The number of rotatable bonds is 4. The molecule has 0 aliphatic rings. The van der Waals surface area contributed by atoms with Crippen LogP contribution in [0.1, 0.15) is 5.56 Å². The number of anilines is 1. The van der Waals surface area contributed by atoms with Crippen LogP contribution in [0.4, 0.5) is 10.1 Å². The minimum Gasteiger partial charge on any atom is -0.497 e. The molecule has 0 spiro atoms. The van der Waals surface area contributed by atoms with E-state index in [1.54, 1.807) is 18.2 Å². The average molecular weight is 325 g/mol. The second kappa shape index (κ2) is 6.04. The van der Waals surface area contributed by atoms with Crippen LogP contribution in [0.2, 0.25) is 0 Å². The number of methoxy groups -OCH3 is 1. The van der Waals surface area contributed by atoms with E-state index in [0.29, 0.717) is 6.54 Å². The van der Waals surface area contributed by atoms with E-state index in [0.717, 1.165) is 21.5 Å². The Bertz CT molecular complexity index is 560.